The molecule has 0 spiro atoms. The van der Waals surface area contributed by atoms with Gasteiger partial charge in [-0.2, -0.15) is 4.31 Å². The molecule has 228 valence electrons. The van der Waals surface area contributed by atoms with Crippen LogP contribution < -0.4 is 10.6 Å². The lowest BCUT2D eigenvalue weighted by Crippen LogP contribution is -2.64. The standard InChI is InChI=1S/C26H32ClN5O9S/c1-17(28-25(36)37)23(34)29-22(15-33)24(35)30(2)26(14-18-4-6-19(27)7-5-18)12-3-13-31(16-26)42(40,41)21-10-8-20(9-11-21)32(38)39/h4-11,17,22,28,33H,3,12-16H2,1-2H3,(H,29,34)(H,36,37)/t17?,22?,26-/m1/s1. The molecule has 3 amide bonds. The van der Waals surface area contributed by atoms with Crippen LogP contribution >= 0.6 is 11.6 Å². The molecule has 2 unspecified atom stereocenters. The summed E-state index contributed by atoms with van der Waals surface area (Å²) in [7, 11) is -2.68. The van der Waals surface area contributed by atoms with E-state index in [1.807, 2.05) is 5.32 Å². The molecule has 16 heteroatoms. The average Bonchev–Trinajstić information content (AvgIpc) is 2.96. The number of hydrogen-bond acceptors (Lipinski definition) is 8. The van der Waals surface area contributed by atoms with Crippen molar-refractivity contribution in [2.24, 2.45) is 0 Å². The molecule has 2 aromatic carbocycles. The summed E-state index contributed by atoms with van der Waals surface area (Å²) in [5.41, 5.74) is -0.655. The molecule has 1 aliphatic rings. The Morgan fingerprint density at radius 2 is 1.76 bits per heavy atom. The van der Waals surface area contributed by atoms with Crippen LogP contribution in [0.25, 0.3) is 0 Å². The quantitative estimate of drug-likeness (QED) is 0.211. The number of hydrogen-bond donors (Lipinski definition) is 4. The summed E-state index contributed by atoms with van der Waals surface area (Å²) >= 11 is 6.05. The molecule has 0 aromatic heterocycles. The molecule has 0 aliphatic carbocycles. The second-order valence-corrected chi connectivity index (χ2v) is 12.4. The van der Waals surface area contributed by atoms with Crippen molar-refractivity contribution in [2.45, 2.75) is 48.7 Å². The van der Waals surface area contributed by atoms with Gasteiger partial charge in [-0.15, -0.1) is 0 Å². The highest BCUT2D eigenvalue weighted by atomic mass is 35.5. The minimum Gasteiger partial charge on any atom is -0.465 e. The van der Waals surface area contributed by atoms with Crippen molar-refractivity contribution in [1.29, 1.82) is 0 Å². The molecule has 3 atom stereocenters. The summed E-state index contributed by atoms with van der Waals surface area (Å²) in [4.78, 5) is 48.7. The maximum atomic E-state index is 13.7. The van der Waals surface area contributed by atoms with Gasteiger partial charge in [0, 0.05) is 37.3 Å². The number of rotatable bonds is 11. The molecule has 42 heavy (non-hydrogen) atoms. The van der Waals surface area contributed by atoms with E-state index in [0.29, 0.717) is 17.9 Å². The number of nitrogens with zero attached hydrogens (tertiary/aromatic N) is 3. The number of nitro groups is 1. The Morgan fingerprint density at radius 1 is 1.14 bits per heavy atom. The molecule has 4 N–H and O–H groups in total. The van der Waals surface area contributed by atoms with Crippen LogP contribution in [0.5, 0.6) is 0 Å². The van der Waals surface area contributed by atoms with Gasteiger partial charge in [0.15, 0.2) is 0 Å². The number of halogens is 1. The van der Waals surface area contributed by atoms with Gasteiger partial charge in [-0.1, -0.05) is 23.7 Å². The molecule has 0 saturated carbocycles. The van der Waals surface area contributed by atoms with E-state index in [-0.39, 0.29) is 30.1 Å². The van der Waals surface area contributed by atoms with Gasteiger partial charge in [-0.25, -0.2) is 13.2 Å². The first-order valence-electron chi connectivity index (χ1n) is 12.9. The van der Waals surface area contributed by atoms with Crippen LogP contribution in [0.15, 0.2) is 53.4 Å². The van der Waals surface area contributed by atoms with Gasteiger partial charge in [0.2, 0.25) is 21.8 Å². The van der Waals surface area contributed by atoms with Gasteiger partial charge >= 0.3 is 6.09 Å². The molecule has 14 nitrogen and oxygen atoms in total. The van der Waals surface area contributed by atoms with Crippen molar-refractivity contribution in [2.75, 3.05) is 26.7 Å². The van der Waals surface area contributed by atoms with Crippen LogP contribution in [-0.4, -0.2) is 95.0 Å². The number of carbonyl (C=O) groups is 3. The fraction of sp³-hybridized carbons (Fsp3) is 0.423. The molecular weight excluding hydrogens is 594 g/mol. The smallest absolute Gasteiger partial charge is 0.405 e. The number of piperidine rings is 1. The highest BCUT2D eigenvalue weighted by Crippen LogP contribution is 2.34. The van der Waals surface area contributed by atoms with E-state index in [1.54, 1.807) is 24.3 Å². The van der Waals surface area contributed by atoms with Crippen LogP contribution in [0.2, 0.25) is 5.02 Å². The van der Waals surface area contributed by atoms with Crippen molar-refractivity contribution < 1.29 is 37.9 Å². The third-order valence-electron chi connectivity index (χ3n) is 7.22. The van der Waals surface area contributed by atoms with E-state index in [0.717, 1.165) is 29.8 Å². The average molecular weight is 626 g/mol. The van der Waals surface area contributed by atoms with E-state index >= 15 is 0 Å². The Morgan fingerprint density at radius 3 is 2.31 bits per heavy atom. The molecule has 1 aliphatic heterocycles. The largest absolute Gasteiger partial charge is 0.465 e. The van der Waals surface area contributed by atoms with Crippen LogP contribution in [-0.2, 0) is 26.0 Å². The maximum Gasteiger partial charge on any atom is 0.405 e. The number of non-ortho nitro benzene ring substituents is 1. The van der Waals surface area contributed by atoms with E-state index in [4.69, 9.17) is 16.7 Å². The lowest BCUT2D eigenvalue weighted by Gasteiger charge is -2.48. The fourth-order valence-corrected chi connectivity index (χ4v) is 6.57. The molecule has 0 bridgehead atoms. The van der Waals surface area contributed by atoms with E-state index < -0.39 is 57.1 Å². The fourth-order valence-electron chi connectivity index (χ4n) is 4.88. The van der Waals surface area contributed by atoms with Gasteiger partial charge < -0.3 is 25.7 Å². The van der Waals surface area contributed by atoms with E-state index in [2.05, 4.69) is 5.32 Å². The Kier molecular flexibility index (Phi) is 10.5. The normalized spacial score (nSPS) is 18.9. The number of sulfonamides is 1. The summed E-state index contributed by atoms with van der Waals surface area (Å²) < 4.78 is 28.5. The summed E-state index contributed by atoms with van der Waals surface area (Å²) in [5.74, 6) is -1.55. The lowest BCUT2D eigenvalue weighted by molar-refractivity contribution is -0.384. The van der Waals surface area contributed by atoms with E-state index in [9.17, 15) is 38.0 Å². The maximum absolute atomic E-state index is 13.7. The van der Waals surface area contributed by atoms with Crippen molar-refractivity contribution in [1.82, 2.24) is 19.8 Å². The molecule has 1 heterocycles. The van der Waals surface area contributed by atoms with Crippen molar-refractivity contribution in [3.63, 3.8) is 0 Å². The Labute approximate surface area is 247 Å². The number of carbonyl (C=O) groups excluding carboxylic acids is 2. The Bertz CT molecular complexity index is 1420. The van der Waals surface area contributed by atoms with Crippen LogP contribution in [0, 0.1) is 10.1 Å². The number of benzene rings is 2. The van der Waals surface area contributed by atoms with Crippen molar-refractivity contribution in [3.05, 3.63) is 69.2 Å². The number of nitro benzene ring substituents is 1. The zero-order chi connectivity index (χ0) is 31.2. The highest BCUT2D eigenvalue weighted by Gasteiger charge is 2.46. The molecule has 0 radical (unpaired) electrons. The monoisotopic (exact) mass is 625 g/mol. The van der Waals surface area contributed by atoms with Crippen LogP contribution in [0.4, 0.5) is 10.5 Å². The minimum atomic E-state index is -4.13. The first kappa shape index (κ1) is 32.7. The second kappa shape index (κ2) is 13.5. The molecule has 2 aromatic rings. The zero-order valence-electron chi connectivity index (χ0n) is 22.9. The summed E-state index contributed by atoms with van der Waals surface area (Å²) in [5, 5.41) is 34.7. The number of aliphatic hydroxyl groups is 1. The van der Waals surface area contributed by atoms with Gasteiger partial charge in [0.25, 0.3) is 5.69 Å². The predicted molar refractivity (Wildman–Crippen MR) is 151 cm³/mol. The molecule has 3 rings (SSSR count). The Balaban J connectivity index is 1.96. The number of likely N-dealkylation sites (N-methyl/N-ethyl adjacent to an activating group) is 1. The predicted octanol–water partition coefficient (Wildman–Crippen LogP) is 1.61. The summed E-state index contributed by atoms with van der Waals surface area (Å²) in [6.07, 6.45) is -0.526. The van der Waals surface area contributed by atoms with Crippen LogP contribution in [0.1, 0.15) is 25.3 Å². The summed E-state index contributed by atoms with van der Waals surface area (Å²) in [6.45, 7) is 0.454. The SMILES string of the molecule is CC(NC(=O)O)C(=O)NC(CO)C(=O)N(C)[C@@]1(Cc2ccc(Cl)cc2)CCCN(S(=O)(=O)c2ccc([N+](=O)[O-])cc2)C1. The van der Waals surface area contributed by atoms with Crippen molar-refractivity contribution >= 4 is 45.2 Å². The van der Waals surface area contributed by atoms with Gasteiger partial charge in [0.1, 0.15) is 12.1 Å². The molecule has 1 saturated heterocycles. The number of carboxylic acid groups (broad SMARTS) is 1. The Hall–Kier alpha value is -3.79. The third kappa shape index (κ3) is 7.53. The number of aliphatic hydroxyl groups excluding tert-OH is 1. The minimum absolute atomic E-state index is 0.127. The topological polar surface area (TPSA) is 199 Å². The molecular formula is C26H32ClN5O9S. The van der Waals surface area contributed by atoms with Gasteiger partial charge in [-0.05, 0) is 56.0 Å². The lowest BCUT2D eigenvalue weighted by atomic mass is 9.82. The number of nitrogens with one attached hydrogen (secondary N) is 2. The van der Waals surface area contributed by atoms with Crippen molar-refractivity contribution in [3.8, 4) is 0 Å². The first-order chi connectivity index (χ1) is 19.7. The second-order valence-electron chi connectivity index (χ2n) is 10.0. The van der Waals surface area contributed by atoms with E-state index in [1.165, 1.54) is 23.2 Å². The highest BCUT2D eigenvalue weighted by molar-refractivity contribution is 7.89. The molecule has 1 fully saturated rings. The zero-order valence-corrected chi connectivity index (χ0v) is 24.5. The first-order valence-corrected chi connectivity index (χ1v) is 14.7. The summed E-state index contributed by atoms with van der Waals surface area (Å²) in [6, 6.07) is 8.67. The van der Waals surface area contributed by atoms with Gasteiger partial charge in [0.05, 0.1) is 22.0 Å². The third-order valence-corrected chi connectivity index (χ3v) is 9.34. The number of amides is 3. The van der Waals surface area contributed by atoms with Crippen LogP contribution in [0.3, 0.4) is 0 Å². The van der Waals surface area contributed by atoms with Gasteiger partial charge in [-0.3, -0.25) is 19.7 Å².